The lowest BCUT2D eigenvalue weighted by Gasteiger charge is -1.99. The minimum atomic E-state index is 0.700. The highest BCUT2D eigenvalue weighted by atomic mass is 32.1. The van der Waals surface area contributed by atoms with Crippen molar-refractivity contribution in [3.05, 3.63) is 33.8 Å². The van der Waals surface area contributed by atoms with E-state index in [-0.39, 0.29) is 0 Å². The van der Waals surface area contributed by atoms with Crippen LogP contribution in [0.15, 0.2) is 21.5 Å². The zero-order valence-corrected chi connectivity index (χ0v) is 8.67. The molecular formula is C9H11N3OS. The van der Waals surface area contributed by atoms with E-state index in [1.165, 1.54) is 5.56 Å². The van der Waals surface area contributed by atoms with Crippen molar-refractivity contribution in [3.8, 4) is 0 Å². The Morgan fingerprint density at radius 2 is 2.36 bits per heavy atom. The van der Waals surface area contributed by atoms with Gasteiger partial charge in [0.2, 0.25) is 0 Å². The van der Waals surface area contributed by atoms with Crippen LogP contribution in [0.3, 0.4) is 0 Å². The molecule has 0 unspecified atom stereocenters. The number of rotatable bonds is 4. The molecule has 74 valence electrons. The van der Waals surface area contributed by atoms with Gasteiger partial charge in [-0.15, -0.1) is 0 Å². The van der Waals surface area contributed by atoms with Gasteiger partial charge in [-0.05, 0) is 29.3 Å². The molecule has 0 radical (unpaired) electrons. The van der Waals surface area contributed by atoms with Crippen LogP contribution in [-0.2, 0) is 13.1 Å². The minimum absolute atomic E-state index is 0.700. The largest absolute Gasteiger partial charge is 0.307 e. The molecule has 4 nitrogen and oxygen atoms in total. The lowest BCUT2D eigenvalue weighted by molar-refractivity contribution is 0.300. The first kappa shape index (κ1) is 9.36. The summed E-state index contributed by atoms with van der Waals surface area (Å²) >= 11 is 1.70. The average molecular weight is 209 g/mol. The molecule has 0 saturated heterocycles. The molecule has 0 bridgehead atoms. The Kier molecular flexibility index (Phi) is 2.90. The van der Waals surface area contributed by atoms with Crippen molar-refractivity contribution in [2.75, 3.05) is 0 Å². The van der Waals surface area contributed by atoms with Crippen LogP contribution in [0.4, 0.5) is 0 Å². The van der Waals surface area contributed by atoms with Gasteiger partial charge in [-0.25, -0.2) is 4.63 Å². The highest BCUT2D eigenvalue weighted by Gasteiger charge is 2.03. The van der Waals surface area contributed by atoms with Gasteiger partial charge in [0.1, 0.15) is 11.4 Å². The van der Waals surface area contributed by atoms with Crippen LogP contribution >= 0.6 is 11.3 Å². The first-order chi connectivity index (χ1) is 6.86. The predicted octanol–water partition coefficient (Wildman–Crippen LogP) is 1.73. The molecule has 0 spiro atoms. The van der Waals surface area contributed by atoms with Crippen LogP contribution in [0.5, 0.6) is 0 Å². The van der Waals surface area contributed by atoms with E-state index in [9.17, 15) is 0 Å². The van der Waals surface area contributed by atoms with Gasteiger partial charge in [-0.3, -0.25) is 0 Å². The van der Waals surface area contributed by atoms with Crippen molar-refractivity contribution in [1.82, 2.24) is 15.6 Å². The molecule has 0 aromatic carbocycles. The molecule has 0 aliphatic heterocycles. The van der Waals surface area contributed by atoms with Crippen LogP contribution in [-0.4, -0.2) is 10.3 Å². The maximum absolute atomic E-state index is 4.60. The third-order valence-electron chi connectivity index (χ3n) is 1.95. The molecule has 0 aliphatic carbocycles. The second-order valence-electron chi connectivity index (χ2n) is 3.03. The molecule has 2 aromatic heterocycles. The van der Waals surface area contributed by atoms with Gasteiger partial charge < -0.3 is 5.32 Å². The van der Waals surface area contributed by atoms with Gasteiger partial charge in [0.25, 0.3) is 0 Å². The quantitative estimate of drug-likeness (QED) is 0.833. The molecule has 1 N–H and O–H groups in total. The van der Waals surface area contributed by atoms with E-state index in [0.717, 1.165) is 17.9 Å². The normalized spacial score (nSPS) is 10.6. The van der Waals surface area contributed by atoms with Crippen molar-refractivity contribution in [3.63, 3.8) is 0 Å². The van der Waals surface area contributed by atoms with Gasteiger partial charge >= 0.3 is 0 Å². The summed E-state index contributed by atoms with van der Waals surface area (Å²) in [5.74, 6) is 0. The number of thiophene rings is 1. The molecular weight excluding hydrogens is 198 g/mol. The predicted molar refractivity (Wildman–Crippen MR) is 53.9 cm³/mol. The Morgan fingerprint density at radius 3 is 3.00 bits per heavy atom. The molecule has 2 rings (SSSR count). The second-order valence-corrected chi connectivity index (χ2v) is 3.81. The molecule has 0 saturated carbocycles. The summed E-state index contributed by atoms with van der Waals surface area (Å²) in [6, 6.07) is 2.10. The van der Waals surface area contributed by atoms with E-state index >= 15 is 0 Å². The summed E-state index contributed by atoms with van der Waals surface area (Å²) in [7, 11) is 0. The molecule has 14 heavy (non-hydrogen) atoms. The van der Waals surface area contributed by atoms with Crippen molar-refractivity contribution >= 4 is 11.3 Å². The summed E-state index contributed by atoms with van der Waals surface area (Å²) < 4.78 is 4.60. The number of nitrogens with one attached hydrogen (secondary N) is 1. The topological polar surface area (TPSA) is 51.0 Å². The maximum atomic E-state index is 4.60. The van der Waals surface area contributed by atoms with E-state index < -0.39 is 0 Å². The van der Waals surface area contributed by atoms with Crippen molar-refractivity contribution in [1.29, 1.82) is 0 Å². The number of hydrogen-bond acceptors (Lipinski definition) is 5. The summed E-state index contributed by atoms with van der Waals surface area (Å²) in [5.41, 5.74) is 3.02. The van der Waals surface area contributed by atoms with Crippen molar-refractivity contribution < 1.29 is 4.63 Å². The summed E-state index contributed by atoms with van der Waals surface area (Å²) in [5, 5.41) is 15.0. The highest BCUT2D eigenvalue weighted by molar-refractivity contribution is 7.07. The molecule has 5 heteroatoms. The van der Waals surface area contributed by atoms with Gasteiger partial charge in [0.15, 0.2) is 0 Å². The fourth-order valence-electron chi connectivity index (χ4n) is 1.13. The highest BCUT2D eigenvalue weighted by Crippen LogP contribution is 2.06. The van der Waals surface area contributed by atoms with Crippen LogP contribution in [0.2, 0.25) is 0 Å². The standard InChI is InChI=1S/C9H11N3OS/c1-7-9(12-13-11-7)5-10-4-8-2-3-14-6-8/h2-3,6,10H,4-5H2,1H3. The number of aromatic nitrogens is 2. The minimum Gasteiger partial charge on any atom is -0.307 e. The molecule has 0 aliphatic rings. The number of nitrogens with zero attached hydrogens (tertiary/aromatic N) is 2. The summed E-state index contributed by atoms with van der Waals surface area (Å²) in [4.78, 5) is 0. The maximum Gasteiger partial charge on any atom is 0.121 e. The first-order valence-electron chi connectivity index (χ1n) is 4.36. The smallest absolute Gasteiger partial charge is 0.121 e. The molecule has 0 fully saturated rings. The monoisotopic (exact) mass is 209 g/mol. The van der Waals surface area contributed by atoms with E-state index in [0.29, 0.717) is 6.54 Å². The molecule has 2 heterocycles. The zero-order chi connectivity index (χ0) is 9.80. The average Bonchev–Trinajstić information content (AvgIpc) is 2.78. The Balaban J connectivity index is 1.81. The van der Waals surface area contributed by atoms with Gasteiger partial charge in [0.05, 0.1) is 0 Å². The number of hydrogen-bond donors (Lipinski definition) is 1. The fourth-order valence-corrected chi connectivity index (χ4v) is 1.80. The fraction of sp³-hybridized carbons (Fsp3) is 0.333. The van der Waals surface area contributed by atoms with E-state index in [1.807, 2.05) is 6.92 Å². The molecule has 2 aromatic rings. The van der Waals surface area contributed by atoms with E-state index in [2.05, 4.69) is 37.1 Å². The lowest BCUT2D eigenvalue weighted by Crippen LogP contribution is -2.13. The van der Waals surface area contributed by atoms with Crippen LogP contribution in [0, 0.1) is 6.92 Å². The summed E-state index contributed by atoms with van der Waals surface area (Å²) in [6.07, 6.45) is 0. The Morgan fingerprint density at radius 1 is 1.43 bits per heavy atom. The second kappa shape index (κ2) is 4.34. The third-order valence-corrected chi connectivity index (χ3v) is 2.68. The van der Waals surface area contributed by atoms with Gasteiger partial charge in [-0.1, -0.05) is 10.3 Å². The van der Waals surface area contributed by atoms with Crippen LogP contribution < -0.4 is 5.32 Å². The first-order valence-corrected chi connectivity index (χ1v) is 5.30. The third kappa shape index (κ3) is 2.18. The van der Waals surface area contributed by atoms with Crippen molar-refractivity contribution in [2.24, 2.45) is 0 Å². The van der Waals surface area contributed by atoms with Gasteiger partial charge in [-0.2, -0.15) is 11.3 Å². The van der Waals surface area contributed by atoms with Crippen LogP contribution in [0.1, 0.15) is 17.0 Å². The molecule has 0 atom stereocenters. The van der Waals surface area contributed by atoms with Crippen molar-refractivity contribution in [2.45, 2.75) is 20.0 Å². The SMILES string of the molecule is Cc1nonc1CNCc1ccsc1. The number of aryl methyl sites for hydroxylation is 1. The van der Waals surface area contributed by atoms with E-state index in [1.54, 1.807) is 11.3 Å². The van der Waals surface area contributed by atoms with Crippen LogP contribution in [0.25, 0.3) is 0 Å². The lowest BCUT2D eigenvalue weighted by atomic mass is 10.3. The molecule has 0 amide bonds. The Bertz CT molecular complexity index is 382. The summed E-state index contributed by atoms with van der Waals surface area (Å²) in [6.45, 7) is 3.44. The Labute approximate surface area is 85.9 Å². The van der Waals surface area contributed by atoms with Gasteiger partial charge in [0, 0.05) is 13.1 Å². The Hall–Kier alpha value is -1.20. The van der Waals surface area contributed by atoms with E-state index in [4.69, 9.17) is 0 Å². The zero-order valence-electron chi connectivity index (χ0n) is 7.86.